The first-order chi connectivity index (χ1) is 9.84. The van der Waals surface area contributed by atoms with E-state index in [9.17, 15) is 14.7 Å². The molecule has 1 aromatic rings. The third-order valence-corrected chi connectivity index (χ3v) is 4.47. The Morgan fingerprint density at radius 3 is 2.67 bits per heavy atom. The van der Waals surface area contributed by atoms with Gasteiger partial charge >= 0.3 is 5.97 Å². The highest BCUT2D eigenvalue weighted by Crippen LogP contribution is 2.36. The van der Waals surface area contributed by atoms with Crippen LogP contribution in [0.5, 0.6) is 0 Å². The maximum absolute atomic E-state index is 12.4. The summed E-state index contributed by atoms with van der Waals surface area (Å²) >= 11 is 0. The first-order valence-electron chi connectivity index (χ1n) is 7.33. The summed E-state index contributed by atoms with van der Waals surface area (Å²) in [5.74, 6) is -1.08. The molecule has 2 N–H and O–H groups in total. The van der Waals surface area contributed by atoms with E-state index in [0.717, 1.165) is 18.5 Å². The van der Waals surface area contributed by atoms with Crippen molar-refractivity contribution in [3.05, 3.63) is 29.1 Å². The highest BCUT2D eigenvalue weighted by atomic mass is 16.4. The number of hydrogen-bond acceptors (Lipinski definition) is 3. The van der Waals surface area contributed by atoms with Gasteiger partial charge in [-0.2, -0.15) is 0 Å². The molecule has 2 unspecified atom stereocenters. The quantitative estimate of drug-likeness (QED) is 0.896. The van der Waals surface area contributed by atoms with Gasteiger partial charge < -0.3 is 10.4 Å². The smallest absolute Gasteiger partial charge is 0.311 e. The number of nitrogens with one attached hydrogen (secondary N) is 1. The van der Waals surface area contributed by atoms with Crippen LogP contribution in [0, 0.1) is 19.3 Å². The zero-order valence-corrected chi connectivity index (χ0v) is 12.8. The number of aryl methyl sites for hydroxylation is 2. The van der Waals surface area contributed by atoms with Crippen molar-refractivity contribution in [1.82, 2.24) is 10.3 Å². The monoisotopic (exact) mass is 290 g/mol. The Kier molecular flexibility index (Phi) is 4.30. The van der Waals surface area contributed by atoms with Gasteiger partial charge in [0.05, 0.1) is 16.7 Å². The standard InChI is InChI=1S/C16H22N2O3/c1-10-7-8-12(11(2)17-10)14(19)18-13-6-4-5-9-16(13,3)15(20)21/h7-8,13H,4-6,9H2,1-3H3,(H,18,19)(H,20,21). The Labute approximate surface area is 124 Å². The van der Waals surface area contributed by atoms with Gasteiger partial charge in [0, 0.05) is 11.7 Å². The molecule has 5 heteroatoms. The van der Waals surface area contributed by atoms with Gasteiger partial charge in [0.15, 0.2) is 0 Å². The lowest BCUT2D eigenvalue weighted by atomic mass is 9.71. The molecule has 1 amide bonds. The Balaban J connectivity index is 2.19. The fourth-order valence-corrected chi connectivity index (χ4v) is 2.98. The molecular weight excluding hydrogens is 268 g/mol. The largest absolute Gasteiger partial charge is 0.481 e. The highest BCUT2D eigenvalue weighted by Gasteiger charge is 2.44. The molecule has 5 nitrogen and oxygen atoms in total. The molecule has 1 heterocycles. The normalized spacial score (nSPS) is 25.4. The van der Waals surface area contributed by atoms with Crippen LogP contribution in [0.4, 0.5) is 0 Å². The van der Waals surface area contributed by atoms with Crippen LogP contribution in [0.15, 0.2) is 12.1 Å². The van der Waals surface area contributed by atoms with Crippen molar-refractivity contribution in [2.45, 2.75) is 52.5 Å². The number of nitrogens with zero attached hydrogens (tertiary/aromatic N) is 1. The molecule has 1 aliphatic rings. The third-order valence-electron chi connectivity index (χ3n) is 4.47. The SMILES string of the molecule is Cc1ccc(C(=O)NC2CCCCC2(C)C(=O)O)c(C)n1. The fourth-order valence-electron chi connectivity index (χ4n) is 2.98. The van der Waals surface area contributed by atoms with E-state index in [2.05, 4.69) is 10.3 Å². The van der Waals surface area contributed by atoms with Crippen molar-refractivity contribution >= 4 is 11.9 Å². The summed E-state index contributed by atoms with van der Waals surface area (Å²) < 4.78 is 0. The second-order valence-electron chi connectivity index (χ2n) is 6.08. The Hall–Kier alpha value is -1.91. The highest BCUT2D eigenvalue weighted by molar-refractivity contribution is 5.95. The second kappa shape index (κ2) is 5.84. The topological polar surface area (TPSA) is 79.3 Å². The summed E-state index contributed by atoms with van der Waals surface area (Å²) in [6, 6.07) is 3.20. The second-order valence-corrected chi connectivity index (χ2v) is 6.08. The Bertz CT molecular complexity index is 571. The van der Waals surface area contributed by atoms with Crippen LogP contribution in [0.1, 0.15) is 54.4 Å². The van der Waals surface area contributed by atoms with E-state index in [1.165, 1.54) is 0 Å². The minimum Gasteiger partial charge on any atom is -0.481 e. The van der Waals surface area contributed by atoms with Gasteiger partial charge in [0.25, 0.3) is 5.91 Å². The van der Waals surface area contributed by atoms with E-state index in [1.807, 2.05) is 6.92 Å². The van der Waals surface area contributed by atoms with Gasteiger partial charge in [-0.3, -0.25) is 14.6 Å². The number of carbonyl (C=O) groups excluding carboxylic acids is 1. The average Bonchev–Trinajstić information content (AvgIpc) is 2.41. The molecule has 0 radical (unpaired) electrons. The predicted octanol–water partition coefficient (Wildman–Crippen LogP) is 2.46. The molecule has 1 saturated carbocycles. The van der Waals surface area contributed by atoms with E-state index in [1.54, 1.807) is 26.0 Å². The lowest BCUT2D eigenvalue weighted by Gasteiger charge is -2.38. The minimum absolute atomic E-state index is 0.237. The number of hydrogen-bond donors (Lipinski definition) is 2. The first-order valence-corrected chi connectivity index (χ1v) is 7.33. The zero-order chi connectivity index (χ0) is 15.6. The van der Waals surface area contributed by atoms with Crippen LogP contribution in [0.2, 0.25) is 0 Å². The van der Waals surface area contributed by atoms with Gasteiger partial charge in [-0.25, -0.2) is 0 Å². The average molecular weight is 290 g/mol. The molecule has 0 bridgehead atoms. The molecular formula is C16H22N2O3. The van der Waals surface area contributed by atoms with Crippen LogP contribution in [0.3, 0.4) is 0 Å². The molecule has 1 aliphatic carbocycles. The number of carbonyl (C=O) groups is 2. The number of amides is 1. The van der Waals surface area contributed by atoms with Crippen LogP contribution in [0.25, 0.3) is 0 Å². The van der Waals surface area contributed by atoms with Gasteiger partial charge in [-0.1, -0.05) is 12.8 Å². The van der Waals surface area contributed by atoms with Crippen molar-refractivity contribution in [2.75, 3.05) is 0 Å². The van der Waals surface area contributed by atoms with E-state index in [4.69, 9.17) is 0 Å². The van der Waals surface area contributed by atoms with E-state index in [-0.39, 0.29) is 11.9 Å². The molecule has 1 aromatic heterocycles. The van der Waals surface area contributed by atoms with Gasteiger partial charge in [-0.15, -0.1) is 0 Å². The van der Waals surface area contributed by atoms with Gasteiger partial charge in [0.1, 0.15) is 0 Å². The molecule has 2 atom stereocenters. The van der Waals surface area contributed by atoms with Crippen molar-refractivity contribution in [1.29, 1.82) is 0 Å². The molecule has 0 aliphatic heterocycles. The van der Waals surface area contributed by atoms with Crippen LogP contribution in [-0.2, 0) is 4.79 Å². The molecule has 21 heavy (non-hydrogen) atoms. The molecule has 2 rings (SSSR count). The molecule has 114 valence electrons. The van der Waals surface area contributed by atoms with E-state index >= 15 is 0 Å². The summed E-state index contributed by atoms with van der Waals surface area (Å²) in [4.78, 5) is 28.2. The maximum atomic E-state index is 12.4. The predicted molar refractivity (Wildman–Crippen MR) is 79.2 cm³/mol. The maximum Gasteiger partial charge on any atom is 0.311 e. The lowest BCUT2D eigenvalue weighted by molar-refractivity contribution is -0.151. The van der Waals surface area contributed by atoms with Crippen LogP contribution in [-0.4, -0.2) is 28.0 Å². The first kappa shape index (κ1) is 15.5. The number of pyridine rings is 1. The lowest BCUT2D eigenvalue weighted by Crippen LogP contribution is -2.52. The molecule has 1 fully saturated rings. The fraction of sp³-hybridized carbons (Fsp3) is 0.562. The minimum atomic E-state index is -0.889. The van der Waals surface area contributed by atoms with E-state index in [0.29, 0.717) is 24.1 Å². The van der Waals surface area contributed by atoms with Gasteiger partial charge in [0.2, 0.25) is 0 Å². The number of rotatable bonds is 3. The van der Waals surface area contributed by atoms with Crippen LogP contribution < -0.4 is 5.32 Å². The number of aromatic nitrogens is 1. The summed E-state index contributed by atoms with van der Waals surface area (Å²) in [7, 11) is 0. The molecule has 0 spiro atoms. The van der Waals surface area contributed by atoms with Crippen molar-refractivity contribution in [3.63, 3.8) is 0 Å². The Morgan fingerprint density at radius 1 is 1.33 bits per heavy atom. The summed E-state index contributed by atoms with van der Waals surface area (Å²) in [5, 5.41) is 12.4. The van der Waals surface area contributed by atoms with Crippen molar-refractivity contribution in [3.8, 4) is 0 Å². The number of carboxylic acids is 1. The molecule has 0 aromatic carbocycles. The third kappa shape index (κ3) is 3.06. The molecule has 0 saturated heterocycles. The van der Waals surface area contributed by atoms with Crippen molar-refractivity contribution < 1.29 is 14.7 Å². The summed E-state index contributed by atoms with van der Waals surface area (Å²) in [5.41, 5.74) is 1.15. The summed E-state index contributed by atoms with van der Waals surface area (Å²) in [6.45, 7) is 5.39. The van der Waals surface area contributed by atoms with Crippen LogP contribution >= 0.6 is 0 Å². The Morgan fingerprint density at radius 2 is 2.05 bits per heavy atom. The summed E-state index contributed by atoms with van der Waals surface area (Å²) in [6.07, 6.45) is 3.13. The number of carboxylic acid groups (broad SMARTS) is 1. The zero-order valence-electron chi connectivity index (χ0n) is 12.8. The van der Waals surface area contributed by atoms with E-state index < -0.39 is 11.4 Å². The van der Waals surface area contributed by atoms with Crippen molar-refractivity contribution in [2.24, 2.45) is 5.41 Å². The number of aliphatic carboxylic acids is 1. The van der Waals surface area contributed by atoms with Gasteiger partial charge in [-0.05, 0) is 45.7 Å².